The smallest absolute Gasteiger partial charge is 0.489 e. The Bertz CT molecular complexity index is 520. The average molecular weight is 316 g/mol. The Morgan fingerprint density at radius 2 is 1.86 bits per heavy atom. The van der Waals surface area contributed by atoms with Gasteiger partial charge in [0.2, 0.25) is 0 Å². The molecule has 1 aromatic rings. The van der Waals surface area contributed by atoms with E-state index in [1.807, 2.05) is 0 Å². The largest absolute Gasteiger partial charge is 0.573 e. The van der Waals surface area contributed by atoms with Crippen LogP contribution in [0.3, 0.4) is 0 Å². The van der Waals surface area contributed by atoms with Crippen LogP contribution in [0.2, 0.25) is 0 Å². The summed E-state index contributed by atoms with van der Waals surface area (Å²) in [5.74, 6) is 0.0894. The van der Waals surface area contributed by atoms with E-state index in [0.717, 1.165) is 25.7 Å². The summed E-state index contributed by atoms with van der Waals surface area (Å²) in [6.45, 7) is 5.23. The van der Waals surface area contributed by atoms with Crippen molar-refractivity contribution >= 4 is 0 Å². The number of hydrogen-bond acceptors (Lipinski definition) is 3. The molecule has 0 radical (unpaired) electrons. The zero-order valence-electron chi connectivity index (χ0n) is 12.4. The quantitative estimate of drug-likeness (QED) is 0.707. The lowest BCUT2D eigenvalue weighted by Gasteiger charge is -2.20. The SMILES string of the molecule is C=CCOc1ccc(OC2CCCC2)c(OC(F)(F)F)c1C. The molecule has 0 unspecified atom stereocenters. The van der Waals surface area contributed by atoms with E-state index in [-0.39, 0.29) is 29.8 Å². The molecular weight excluding hydrogens is 297 g/mol. The Morgan fingerprint density at radius 3 is 2.45 bits per heavy atom. The van der Waals surface area contributed by atoms with Gasteiger partial charge in [-0.3, -0.25) is 0 Å². The summed E-state index contributed by atoms with van der Waals surface area (Å²) < 4.78 is 53.2. The summed E-state index contributed by atoms with van der Waals surface area (Å²) in [6, 6.07) is 3.05. The minimum atomic E-state index is -4.78. The molecule has 0 bridgehead atoms. The highest BCUT2D eigenvalue weighted by molar-refractivity contribution is 5.53. The van der Waals surface area contributed by atoms with E-state index in [1.165, 1.54) is 19.1 Å². The molecule has 0 heterocycles. The van der Waals surface area contributed by atoms with E-state index in [2.05, 4.69) is 11.3 Å². The summed E-state index contributed by atoms with van der Waals surface area (Å²) >= 11 is 0. The lowest BCUT2D eigenvalue weighted by molar-refractivity contribution is -0.275. The fraction of sp³-hybridized carbons (Fsp3) is 0.500. The lowest BCUT2D eigenvalue weighted by Crippen LogP contribution is -2.20. The number of hydrogen-bond donors (Lipinski definition) is 0. The molecule has 6 heteroatoms. The molecule has 0 atom stereocenters. The van der Waals surface area contributed by atoms with Crippen LogP contribution < -0.4 is 14.2 Å². The van der Waals surface area contributed by atoms with Gasteiger partial charge in [-0.1, -0.05) is 12.7 Å². The molecule has 0 saturated heterocycles. The standard InChI is InChI=1S/C16H19F3O3/c1-3-10-20-13-8-9-14(21-12-6-4-5-7-12)15(11(13)2)22-16(17,18)19/h3,8-9,12H,1,4-7,10H2,2H3. The topological polar surface area (TPSA) is 27.7 Å². The monoisotopic (exact) mass is 316 g/mol. The van der Waals surface area contributed by atoms with E-state index >= 15 is 0 Å². The molecule has 122 valence electrons. The van der Waals surface area contributed by atoms with Crippen molar-refractivity contribution in [2.45, 2.75) is 45.1 Å². The van der Waals surface area contributed by atoms with Crippen molar-refractivity contribution in [1.82, 2.24) is 0 Å². The molecule has 2 rings (SSSR count). The molecule has 3 nitrogen and oxygen atoms in total. The van der Waals surface area contributed by atoms with Crippen LogP contribution in [0.15, 0.2) is 24.8 Å². The molecule has 0 N–H and O–H groups in total. The highest BCUT2D eigenvalue weighted by Crippen LogP contribution is 2.41. The van der Waals surface area contributed by atoms with Crippen molar-refractivity contribution in [3.8, 4) is 17.2 Å². The maximum absolute atomic E-state index is 12.7. The third-order valence-corrected chi connectivity index (χ3v) is 3.49. The summed E-state index contributed by atoms with van der Waals surface area (Å²) in [6.07, 6.45) is 0.426. The number of benzene rings is 1. The molecule has 1 aliphatic rings. The first-order valence-corrected chi connectivity index (χ1v) is 7.20. The van der Waals surface area contributed by atoms with Gasteiger partial charge < -0.3 is 14.2 Å². The van der Waals surface area contributed by atoms with Crippen molar-refractivity contribution in [1.29, 1.82) is 0 Å². The maximum Gasteiger partial charge on any atom is 0.573 e. The predicted molar refractivity (Wildman–Crippen MR) is 76.4 cm³/mol. The highest BCUT2D eigenvalue weighted by atomic mass is 19.4. The zero-order chi connectivity index (χ0) is 16.2. The fourth-order valence-corrected chi connectivity index (χ4v) is 2.47. The first-order valence-electron chi connectivity index (χ1n) is 7.20. The molecule has 0 amide bonds. The van der Waals surface area contributed by atoms with Gasteiger partial charge in [0.05, 0.1) is 6.10 Å². The molecule has 0 aliphatic heterocycles. The van der Waals surface area contributed by atoms with E-state index in [0.29, 0.717) is 5.75 Å². The Hall–Kier alpha value is -1.85. The van der Waals surface area contributed by atoms with Gasteiger partial charge in [0.1, 0.15) is 12.4 Å². The lowest BCUT2D eigenvalue weighted by atomic mass is 10.2. The third-order valence-electron chi connectivity index (χ3n) is 3.49. The van der Waals surface area contributed by atoms with Gasteiger partial charge in [-0.2, -0.15) is 0 Å². The molecule has 0 spiro atoms. The van der Waals surface area contributed by atoms with Crippen LogP contribution in [-0.2, 0) is 0 Å². The van der Waals surface area contributed by atoms with E-state index < -0.39 is 6.36 Å². The summed E-state index contributed by atoms with van der Waals surface area (Å²) in [4.78, 5) is 0. The molecule has 1 aliphatic carbocycles. The van der Waals surface area contributed by atoms with Crippen molar-refractivity contribution < 1.29 is 27.4 Å². The number of alkyl halides is 3. The Balaban J connectivity index is 2.29. The fourth-order valence-electron chi connectivity index (χ4n) is 2.47. The van der Waals surface area contributed by atoms with Crippen LogP contribution in [0.1, 0.15) is 31.2 Å². The number of halogens is 3. The second-order valence-corrected chi connectivity index (χ2v) is 5.19. The van der Waals surface area contributed by atoms with E-state index in [1.54, 1.807) is 6.07 Å². The summed E-state index contributed by atoms with van der Waals surface area (Å²) in [5, 5.41) is 0. The van der Waals surface area contributed by atoms with E-state index in [9.17, 15) is 13.2 Å². The first kappa shape index (κ1) is 16.5. The predicted octanol–water partition coefficient (Wildman–Crippen LogP) is 4.78. The summed E-state index contributed by atoms with van der Waals surface area (Å²) in [5.41, 5.74) is 0.259. The number of rotatable bonds is 6. The highest BCUT2D eigenvalue weighted by Gasteiger charge is 2.34. The Morgan fingerprint density at radius 1 is 1.23 bits per heavy atom. The average Bonchev–Trinajstić information content (AvgIpc) is 2.94. The summed E-state index contributed by atoms with van der Waals surface area (Å²) in [7, 11) is 0. The molecule has 22 heavy (non-hydrogen) atoms. The van der Waals surface area contributed by atoms with Crippen molar-refractivity contribution in [2.24, 2.45) is 0 Å². The minimum absolute atomic E-state index is 0.0603. The van der Waals surface area contributed by atoms with Crippen LogP contribution in [0.25, 0.3) is 0 Å². The van der Waals surface area contributed by atoms with Crippen LogP contribution in [0.4, 0.5) is 13.2 Å². The number of ether oxygens (including phenoxy) is 3. The van der Waals surface area contributed by atoms with Gasteiger partial charge in [0, 0.05) is 5.56 Å². The first-order chi connectivity index (χ1) is 10.4. The van der Waals surface area contributed by atoms with Crippen molar-refractivity contribution in [3.63, 3.8) is 0 Å². The molecule has 1 aromatic carbocycles. The molecule has 0 aromatic heterocycles. The molecular formula is C16H19F3O3. The van der Waals surface area contributed by atoms with Crippen molar-refractivity contribution in [2.75, 3.05) is 6.61 Å². The molecule has 1 fully saturated rings. The second-order valence-electron chi connectivity index (χ2n) is 5.19. The van der Waals surface area contributed by atoms with Crippen molar-refractivity contribution in [3.05, 3.63) is 30.4 Å². The van der Waals surface area contributed by atoms with Crippen LogP contribution in [-0.4, -0.2) is 19.1 Å². The van der Waals surface area contributed by atoms with Gasteiger partial charge in [-0.05, 0) is 44.7 Å². The maximum atomic E-state index is 12.7. The van der Waals surface area contributed by atoms with Crippen LogP contribution in [0, 0.1) is 6.92 Å². The van der Waals surface area contributed by atoms with Crippen LogP contribution in [0.5, 0.6) is 17.2 Å². The van der Waals surface area contributed by atoms with E-state index in [4.69, 9.17) is 9.47 Å². The Kier molecular flexibility index (Phi) is 5.21. The normalized spacial score (nSPS) is 15.6. The van der Waals surface area contributed by atoms with Gasteiger partial charge in [-0.15, -0.1) is 13.2 Å². The third kappa shape index (κ3) is 4.32. The minimum Gasteiger partial charge on any atom is -0.489 e. The van der Waals surface area contributed by atoms with Gasteiger partial charge in [0.25, 0.3) is 0 Å². The van der Waals surface area contributed by atoms with Crippen LogP contribution >= 0.6 is 0 Å². The van der Waals surface area contributed by atoms with Gasteiger partial charge >= 0.3 is 6.36 Å². The zero-order valence-corrected chi connectivity index (χ0v) is 12.4. The Labute approximate surface area is 127 Å². The second kappa shape index (κ2) is 6.94. The van der Waals surface area contributed by atoms with Gasteiger partial charge in [-0.25, -0.2) is 0 Å². The molecule has 1 saturated carbocycles. The van der Waals surface area contributed by atoms with Gasteiger partial charge in [0.15, 0.2) is 11.5 Å².